The summed E-state index contributed by atoms with van der Waals surface area (Å²) in [4.78, 5) is 53.2. The van der Waals surface area contributed by atoms with Crippen LogP contribution >= 0.6 is 11.6 Å². The van der Waals surface area contributed by atoms with Crippen molar-refractivity contribution < 1.29 is 14.4 Å². The largest absolute Gasteiger partial charge is 0.378 e. The van der Waals surface area contributed by atoms with Gasteiger partial charge < -0.3 is 24.5 Å². The molecular weight excluding hydrogens is 696 g/mol. The average molecular weight is 747 g/mol. The van der Waals surface area contributed by atoms with Gasteiger partial charge in [0.1, 0.15) is 6.04 Å². The van der Waals surface area contributed by atoms with E-state index in [-0.39, 0.29) is 24.3 Å². The second kappa shape index (κ2) is 18.3. The topological polar surface area (TPSA) is 70.6 Å². The fourth-order valence-electron chi connectivity index (χ4n) is 7.13. The quantitative estimate of drug-likeness (QED) is 0.164. The minimum atomic E-state index is -0.709. The average Bonchev–Trinajstić information content (AvgIpc) is 3.20. The Morgan fingerprint density at radius 1 is 0.704 bits per heavy atom. The minimum Gasteiger partial charge on any atom is -0.378 e. The van der Waals surface area contributed by atoms with Crippen LogP contribution in [0, 0.1) is 0 Å². The van der Waals surface area contributed by atoms with E-state index in [1.165, 1.54) is 11.3 Å². The van der Waals surface area contributed by atoms with Crippen LogP contribution in [0.15, 0.2) is 109 Å². The highest BCUT2D eigenvalue weighted by molar-refractivity contribution is 6.30. The number of amides is 3. The number of nitrogens with zero attached hydrogens (tertiary/aromatic N) is 6. The predicted octanol–water partition coefficient (Wildman–Crippen LogP) is 6.07. The van der Waals surface area contributed by atoms with Gasteiger partial charge in [-0.3, -0.25) is 19.3 Å². The zero-order valence-corrected chi connectivity index (χ0v) is 32.4. The molecule has 4 aromatic rings. The molecule has 1 atom stereocenters. The molecule has 2 fully saturated rings. The summed E-state index contributed by atoms with van der Waals surface area (Å²) < 4.78 is 0. The van der Waals surface area contributed by atoms with Crippen molar-refractivity contribution in [3.05, 3.63) is 136 Å². The van der Waals surface area contributed by atoms with Crippen LogP contribution in [0.3, 0.4) is 0 Å². The van der Waals surface area contributed by atoms with E-state index in [0.29, 0.717) is 37.6 Å². The number of piperazine rings is 2. The van der Waals surface area contributed by atoms with Crippen molar-refractivity contribution in [3.63, 3.8) is 0 Å². The predicted molar refractivity (Wildman–Crippen MR) is 219 cm³/mol. The Morgan fingerprint density at radius 3 is 1.93 bits per heavy atom. The first-order chi connectivity index (χ1) is 26.1. The standard InChI is InChI=1S/C44H51ClN6O3/c1-34(52)48-27-29-49(30-28-48)41-20-13-38(14-21-41)33-51(43(53)22-15-35-9-16-39(45)17-10-35)42(31-36-7-5-4-6-8-36)44(54)50-25-23-47(24-26-50)32-37-11-18-40(19-12-37)46(2)3/h4-22,42H,23-33H2,1-3H3/b22-15+/t42-/m0/s1. The summed E-state index contributed by atoms with van der Waals surface area (Å²) in [7, 11) is 4.08. The Bertz CT molecular complexity index is 1870. The van der Waals surface area contributed by atoms with Crippen LogP contribution in [0.4, 0.5) is 11.4 Å². The van der Waals surface area contributed by atoms with Gasteiger partial charge in [-0.2, -0.15) is 0 Å². The van der Waals surface area contributed by atoms with Crippen molar-refractivity contribution in [1.82, 2.24) is 19.6 Å². The summed E-state index contributed by atoms with van der Waals surface area (Å²) >= 11 is 6.12. The Morgan fingerprint density at radius 2 is 1.31 bits per heavy atom. The maximum absolute atomic E-state index is 14.7. The molecule has 0 spiro atoms. The normalized spacial score (nSPS) is 15.7. The SMILES string of the molecule is CC(=O)N1CCN(c2ccc(CN(C(=O)/C=C/c3ccc(Cl)cc3)[C@@H](Cc3ccccc3)C(=O)N3CCN(Cc4ccc(N(C)C)cc4)CC3)cc2)CC1. The number of carbonyl (C=O) groups excluding carboxylic acids is 3. The van der Waals surface area contributed by atoms with Crippen molar-refractivity contribution in [1.29, 1.82) is 0 Å². The number of halogens is 1. The highest BCUT2D eigenvalue weighted by atomic mass is 35.5. The molecule has 6 rings (SSSR count). The van der Waals surface area contributed by atoms with Crippen LogP contribution in [0.5, 0.6) is 0 Å². The van der Waals surface area contributed by atoms with Gasteiger partial charge in [-0.1, -0.05) is 78.3 Å². The molecule has 0 aromatic heterocycles. The summed E-state index contributed by atoms with van der Waals surface area (Å²) in [6.45, 7) is 8.33. The second-order valence-electron chi connectivity index (χ2n) is 14.4. The van der Waals surface area contributed by atoms with Gasteiger partial charge in [0, 0.05) is 115 Å². The molecule has 10 heteroatoms. The van der Waals surface area contributed by atoms with E-state index in [0.717, 1.165) is 55.1 Å². The minimum absolute atomic E-state index is 0.0398. The second-order valence-corrected chi connectivity index (χ2v) is 14.8. The highest BCUT2D eigenvalue weighted by Gasteiger charge is 2.34. The molecule has 0 radical (unpaired) electrons. The van der Waals surface area contributed by atoms with Crippen molar-refractivity contribution in [3.8, 4) is 0 Å². The lowest BCUT2D eigenvalue weighted by atomic mass is 10.0. The first-order valence-electron chi connectivity index (χ1n) is 18.8. The van der Waals surface area contributed by atoms with Gasteiger partial charge in [-0.05, 0) is 64.7 Å². The van der Waals surface area contributed by atoms with Crippen molar-refractivity contribution in [2.24, 2.45) is 0 Å². The molecule has 4 aromatic carbocycles. The first kappa shape index (κ1) is 38.6. The summed E-state index contributed by atoms with van der Waals surface area (Å²) in [6, 6.07) is 33.4. The zero-order chi connectivity index (χ0) is 38.0. The highest BCUT2D eigenvalue weighted by Crippen LogP contribution is 2.23. The molecule has 0 bridgehead atoms. The van der Waals surface area contributed by atoms with Crippen molar-refractivity contribution in [2.75, 3.05) is 76.3 Å². The Kier molecular flexibility index (Phi) is 13.1. The maximum atomic E-state index is 14.7. The lowest BCUT2D eigenvalue weighted by Gasteiger charge is -2.39. The molecule has 0 saturated carbocycles. The zero-order valence-electron chi connectivity index (χ0n) is 31.6. The van der Waals surface area contributed by atoms with Gasteiger partial charge >= 0.3 is 0 Å². The molecule has 2 saturated heterocycles. The number of rotatable bonds is 12. The molecular formula is C44H51ClN6O3. The summed E-state index contributed by atoms with van der Waals surface area (Å²) in [5, 5.41) is 0.625. The lowest BCUT2D eigenvalue weighted by molar-refractivity contribution is -0.145. The molecule has 3 amide bonds. The van der Waals surface area contributed by atoms with Crippen molar-refractivity contribution >= 4 is 46.8 Å². The Labute approximate surface area is 325 Å². The molecule has 2 aliphatic rings. The van der Waals surface area contributed by atoms with Gasteiger partial charge in [-0.25, -0.2) is 0 Å². The molecule has 2 heterocycles. The van der Waals surface area contributed by atoms with E-state index in [2.05, 4.69) is 51.1 Å². The van der Waals surface area contributed by atoms with E-state index in [1.807, 2.05) is 78.5 Å². The van der Waals surface area contributed by atoms with Crippen LogP contribution in [0.1, 0.15) is 29.2 Å². The summed E-state index contributed by atoms with van der Waals surface area (Å²) in [5.74, 6) is -0.169. The van der Waals surface area contributed by atoms with Crippen LogP contribution in [-0.4, -0.2) is 110 Å². The van der Waals surface area contributed by atoms with E-state index >= 15 is 0 Å². The fraction of sp³-hybridized carbons (Fsp3) is 0.341. The van der Waals surface area contributed by atoms with E-state index in [9.17, 15) is 14.4 Å². The van der Waals surface area contributed by atoms with E-state index in [4.69, 9.17) is 11.6 Å². The number of benzene rings is 4. The summed E-state index contributed by atoms with van der Waals surface area (Å²) in [6.07, 6.45) is 3.75. The number of anilines is 2. The third-order valence-electron chi connectivity index (χ3n) is 10.4. The van der Waals surface area contributed by atoms with E-state index < -0.39 is 6.04 Å². The lowest BCUT2D eigenvalue weighted by Crippen LogP contribution is -2.56. The fourth-order valence-corrected chi connectivity index (χ4v) is 7.26. The molecule has 2 aliphatic heterocycles. The third-order valence-corrected chi connectivity index (χ3v) is 10.7. The molecule has 9 nitrogen and oxygen atoms in total. The van der Waals surface area contributed by atoms with Crippen LogP contribution in [0.25, 0.3) is 6.08 Å². The van der Waals surface area contributed by atoms with Gasteiger partial charge in [0.15, 0.2) is 0 Å². The molecule has 0 aliphatic carbocycles. The molecule has 282 valence electrons. The van der Waals surface area contributed by atoms with Crippen LogP contribution in [-0.2, 0) is 33.9 Å². The van der Waals surface area contributed by atoms with Crippen LogP contribution < -0.4 is 9.80 Å². The molecule has 0 unspecified atom stereocenters. The van der Waals surface area contributed by atoms with Gasteiger partial charge in [-0.15, -0.1) is 0 Å². The number of carbonyl (C=O) groups is 3. The van der Waals surface area contributed by atoms with Gasteiger partial charge in [0.05, 0.1) is 0 Å². The monoisotopic (exact) mass is 746 g/mol. The Hall–Kier alpha value is -5.12. The number of hydrogen-bond acceptors (Lipinski definition) is 6. The maximum Gasteiger partial charge on any atom is 0.247 e. The smallest absolute Gasteiger partial charge is 0.247 e. The van der Waals surface area contributed by atoms with E-state index in [1.54, 1.807) is 36.1 Å². The third kappa shape index (κ3) is 10.3. The number of hydrogen-bond donors (Lipinski definition) is 0. The molecule has 54 heavy (non-hydrogen) atoms. The summed E-state index contributed by atoms with van der Waals surface area (Å²) in [5.41, 5.74) is 6.27. The first-order valence-corrected chi connectivity index (χ1v) is 19.2. The molecule has 0 N–H and O–H groups in total. The Balaban J connectivity index is 1.22. The van der Waals surface area contributed by atoms with Crippen LogP contribution in [0.2, 0.25) is 5.02 Å². The van der Waals surface area contributed by atoms with Gasteiger partial charge in [0.25, 0.3) is 0 Å². The van der Waals surface area contributed by atoms with Crippen molar-refractivity contribution in [2.45, 2.75) is 32.5 Å². The van der Waals surface area contributed by atoms with Gasteiger partial charge in [0.2, 0.25) is 17.7 Å².